The first-order valence-electron chi connectivity index (χ1n) is 10.6. The number of amides is 2. The van der Waals surface area contributed by atoms with Crippen molar-refractivity contribution in [1.29, 1.82) is 0 Å². The highest BCUT2D eigenvalue weighted by atomic mass is 16.6. The summed E-state index contributed by atoms with van der Waals surface area (Å²) in [6.07, 6.45) is 0.527. The third-order valence-electron chi connectivity index (χ3n) is 4.97. The third kappa shape index (κ3) is 7.50. The monoisotopic (exact) mass is 437 g/mol. The van der Waals surface area contributed by atoms with Crippen molar-refractivity contribution in [3.05, 3.63) is 17.7 Å². The van der Waals surface area contributed by atoms with Crippen LogP contribution in [0.25, 0.3) is 0 Å². The van der Waals surface area contributed by atoms with Gasteiger partial charge in [0.25, 0.3) is 0 Å². The predicted octanol–water partition coefficient (Wildman–Crippen LogP) is 2.13. The van der Waals surface area contributed by atoms with Crippen molar-refractivity contribution < 1.29 is 28.5 Å². The maximum atomic E-state index is 12.5. The van der Waals surface area contributed by atoms with Gasteiger partial charge in [0.05, 0.1) is 34.5 Å². The van der Waals surface area contributed by atoms with E-state index in [0.29, 0.717) is 56.0 Å². The number of hydrogen-bond donors (Lipinski definition) is 1. The Hall–Kier alpha value is -2.68. The molecule has 9 nitrogen and oxygen atoms in total. The zero-order chi connectivity index (χ0) is 22.8. The largest absolute Gasteiger partial charge is 0.493 e. The van der Waals surface area contributed by atoms with Crippen LogP contribution in [0.1, 0.15) is 25.8 Å². The average molecular weight is 438 g/mol. The van der Waals surface area contributed by atoms with Crippen LogP contribution in [0, 0.1) is 5.92 Å². The van der Waals surface area contributed by atoms with Gasteiger partial charge in [0.2, 0.25) is 11.7 Å². The first-order valence-corrected chi connectivity index (χ1v) is 10.6. The molecular formula is C22H35N3O6. The Morgan fingerprint density at radius 2 is 1.68 bits per heavy atom. The van der Waals surface area contributed by atoms with Crippen molar-refractivity contribution in [2.45, 2.75) is 26.8 Å². The Labute approximate surface area is 184 Å². The molecule has 1 N–H and O–H groups in total. The summed E-state index contributed by atoms with van der Waals surface area (Å²) in [4.78, 5) is 28.4. The van der Waals surface area contributed by atoms with Crippen LogP contribution in [0.2, 0.25) is 0 Å². The van der Waals surface area contributed by atoms with Crippen molar-refractivity contribution in [3.63, 3.8) is 0 Å². The molecule has 0 saturated carbocycles. The second kappa shape index (κ2) is 12.2. The Kier molecular flexibility index (Phi) is 9.71. The quantitative estimate of drug-likeness (QED) is 0.633. The molecule has 0 aliphatic carbocycles. The molecule has 1 heterocycles. The average Bonchev–Trinajstić information content (AvgIpc) is 3.00. The summed E-state index contributed by atoms with van der Waals surface area (Å²) in [7, 11) is 4.66. The van der Waals surface area contributed by atoms with Gasteiger partial charge in [-0.15, -0.1) is 0 Å². The van der Waals surface area contributed by atoms with Gasteiger partial charge >= 0.3 is 6.09 Å². The molecule has 1 aromatic carbocycles. The van der Waals surface area contributed by atoms with Gasteiger partial charge in [-0.1, -0.05) is 13.8 Å². The topological polar surface area (TPSA) is 89.6 Å². The number of rotatable bonds is 9. The fourth-order valence-corrected chi connectivity index (χ4v) is 3.34. The van der Waals surface area contributed by atoms with Gasteiger partial charge < -0.3 is 29.2 Å². The summed E-state index contributed by atoms with van der Waals surface area (Å²) in [6, 6.07) is 3.63. The maximum absolute atomic E-state index is 12.5. The molecule has 2 amide bonds. The van der Waals surface area contributed by atoms with Crippen molar-refractivity contribution in [2.24, 2.45) is 5.92 Å². The molecule has 9 heteroatoms. The number of nitrogens with zero attached hydrogens (tertiary/aromatic N) is 2. The molecule has 1 aromatic rings. The van der Waals surface area contributed by atoms with Gasteiger partial charge in [0.15, 0.2) is 11.5 Å². The molecule has 1 fully saturated rings. The highest BCUT2D eigenvalue weighted by molar-refractivity contribution is 5.78. The molecule has 1 aliphatic rings. The summed E-state index contributed by atoms with van der Waals surface area (Å²) >= 11 is 0. The number of nitrogens with one attached hydrogen (secondary N) is 1. The number of benzene rings is 1. The van der Waals surface area contributed by atoms with Gasteiger partial charge in [-0.3, -0.25) is 9.69 Å². The van der Waals surface area contributed by atoms with Gasteiger partial charge in [0.1, 0.15) is 0 Å². The fourth-order valence-electron chi connectivity index (χ4n) is 3.34. The molecule has 0 aromatic heterocycles. The summed E-state index contributed by atoms with van der Waals surface area (Å²) in [5, 5.41) is 2.94. The smallest absolute Gasteiger partial charge is 0.409 e. The summed E-state index contributed by atoms with van der Waals surface area (Å²) < 4.78 is 21.3. The van der Waals surface area contributed by atoms with Crippen molar-refractivity contribution in [3.8, 4) is 17.2 Å². The Morgan fingerprint density at radius 1 is 1.00 bits per heavy atom. The summed E-state index contributed by atoms with van der Waals surface area (Å²) in [6.45, 7) is 7.64. The Morgan fingerprint density at radius 3 is 2.26 bits per heavy atom. The number of hydrogen-bond acceptors (Lipinski definition) is 7. The Balaban J connectivity index is 1.84. The fraction of sp³-hybridized carbons (Fsp3) is 0.636. The van der Waals surface area contributed by atoms with E-state index in [-0.39, 0.29) is 18.5 Å². The SMILES string of the molecule is COc1cc(CNC(=O)CN2CCCN(C(=O)OCC(C)C)CC2)cc(OC)c1OC. The first-order chi connectivity index (χ1) is 14.9. The van der Waals surface area contributed by atoms with Gasteiger partial charge in [-0.2, -0.15) is 0 Å². The van der Waals surface area contributed by atoms with E-state index in [4.69, 9.17) is 18.9 Å². The maximum Gasteiger partial charge on any atom is 0.409 e. The standard InChI is InChI=1S/C22H35N3O6/c1-16(2)15-31-22(27)25-8-6-7-24(9-10-25)14-20(26)23-13-17-11-18(28-3)21(30-5)19(12-17)29-4/h11-12,16H,6-10,13-15H2,1-5H3,(H,23,26). The van der Waals surface area contributed by atoms with Crippen LogP contribution in [0.15, 0.2) is 12.1 Å². The van der Waals surface area contributed by atoms with Crippen LogP contribution in [0.5, 0.6) is 17.2 Å². The normalized spacial score (nSPS) is 14.7. The minimum atomic E-state index is -0.276. The molecule has 1 saturated heterocycles. The lowest BCUT2D eigenvalue weighted by atomic mass is 10.1. The van der Waals surface area contributed by atoms with E-state index >= 15 is 0 Å². The predicted molar refractivity (Wildman–Crippen MR) is 117 cm³/mol. The summed E-state index contributed by atoms with van der Waals surface area (Å²) in [5.74, 6) is 1.83. The lowest BCUT2D eigenvalue weighted by Gasteiger charge is -2.22. The second-order valence-electron chi connectivity index (χ2n) is 7.90. The van der Waals surface area contributed by atoms with E-state index in [1.807, 2.05) is 26.0 Å². The summed E-state index contributed by atoms with van der Waals surface area (Å²) in [5.41, 5.74) is 0.845. The lowest BCUT2D eigenvalue weighted by Crippen LogP contribution is -2.40. The minimum Gasteiger partial charge on any atom is -0.493 e. The van der Waals surface area contributed by atoms with Crippen LogP contribution < -0.4 is 19.5 Å². The molecule has 0 unspecified atom stereocenters. The molecule has 31 heavy (non-hydrogen) atoms. The van der Waals surface area contributed by atoms with Crippen molar-refractivity contribution in [2.75, 3.05) is 60.7 Å². The highest BCUT2D eigenvalue weighted by Gasteiger charge is 2.22. The molecule has 1 aliphatic heterocycles. The lowest BCUT2D eigenvalue weighted by molar-refractivity contribution is -0.122. The third-order valence-corrected chi connectivity index (χ3v) is 4.97. The number of methoxy groups -OCH3 is 3. The zero-order valence-electron chi connectivity index (χ0n) is 19.2. The molecular weight excluding hydrogens is 402 g/mol. The van der Waals surface area contributed by atoms with Crippen molar-refractivity contribution >= 4 is 12.0 Å². The van der Waals surface area contributed by atoms with Gasteiger partial charge in [-0.05, 0) is 30.0 Å². The Bertz CT molecular complexity index is 715. The molecule has 0 radical (unpaired) electrons. The molecule has 0 atom stereocenters. The van der Waals surface area contributed by atoms with E-state index in [2.05, 4.69) is 10.2 Å². The number of ether oxygens (including phenoxy) is 4. The van der Waals surface area contributed by atoms with Gasteiger partial charge in [-0.25, -0.2) is 4.79 Å². The number of carbonyl (C=O) groups is 2. The van der Waals surface area contributed by atoms with Crippen LogP contribution >= 0.6 is 0 Å². The van der Waals surface area contributed by atoms with Crippen LogP contribution in [-0.4, -0.2) is 82.5 Å². The van der Waals surface area contributed by atoms with Gasteiger partial charge in [0, 0.05) is 32.7 Å². The van der Waals surface area contributed by atoms with E-state index < -0.39 is 0 Å². The number of carbonyl (C=O) groups excluding carboxylic acids is 2. The molecule has 0 spiro atoms. The van der Waals surface area contributed by atoms with E-state index in [0.717, 1.165) is 18.5 Å². The second-order valence-corrected chi connectivity index (χ2v) is 7.90. The minimum absolute atomic E-state index is 0.0791. The van der Waals surface area contributed by atoms with Crippen LogP contribution in [0.3, 0.4) is 0 Å². The van der Waals surface area contributed by atoms with E-state index in [1.54, 1.807) is 26.2 Å². The molecule has 0 bridgehead atoms. The van der Waals surface area contributed by atoms with Crippen LogP contribution in [0.4, 0.5) is 4.79 Å². The van der Waals surface area contributed by atoms with E-state index in [1.165, 1.54) is 0 Å². The molecule has 174 valence electrons. The molecule has 2 rings (SSSR count). The highest BCUT2D eigenvalue weighted by Crippen LogP contribution is 2.38. The van der Waals surface area contributed by atoms with E-state index in [9.17, 15) is 9.59 Å². The first kappa shape index (κ1) is 24.6. The van der Waals surface area contributed by atoms with Crippen LogP contribution in [-0.2, 0) is 16.1 Å². The van der Waals surface area contributed by atoms with Crippen molar-refractivity contribution in [1.82, 2.24) is 15.1 Å². The zero-order valence-corrected chi connectivity index (χ0v) is 19.2.